The molecule has 17 heavy (non-hydrogen) atoms. The monoisotopic (exact) mass is 258 g/mol. The Labute approximate surface area is 107 Å². The Balaban J connectivity index is 1.82. The first-order chi connectivity index (χ1) is 8.07. The minimum Gasteiger partial charge on any atom is -0.375 e. The second-order valence-corrected chi connectivity index (χ2v) is 7.13. The lowest BCUT2D eigenvalue weighted by atomic mass is 10.1. The number of rotatable bonds is 2. The molecule has 5 heteroatoms. The van der Waals surface area contributed by atoms with Crippen LogP contribution in [0.25, 0.3) is 0 Å². The third-order valence-electron chi connectivity index (χ3n) is 3.19. The fourth-order valence-corrected chi connectivity index (χ4v) is 3.42. The van der Waals surface area contributed by atoms with E-state index < -0.39 is 0 Å². The summed E-state index contributed by atoms with van der Waals surface area (Å²) in [6, 6.07) is 0. The minimum absolute atomic E-state index is 0.0638. The van der Waals surface area contributed by atoms with E-state index in [2.05, 4.69) is 19.2 Å². The molecule has 2 heterocycles. The number of amides is 1. The third kappa shape index (κ3) is 3.86. The van der Waals surface area contributed by atoms with Crippen molar-refractivity contribution in [1.29, 1.82) is 0 Å². The Morgan fingerprint density at radius 3 is 3.06 bits per heavy atom. The molecule has 1 atom stereocenters. The fraction of sp³-hybridized carbons (Fsp3) is 0.917. The van der Waals surface area contributed by atoms with Gasteiger partial charge in [0.05, 0.1) is 19.1 Å². The number of ether oxygens (including phenoxy) is 1. The Morgan fingerprint density at radius 1 is 1.59 bits per heavy atom. The molecule has 2 rings (SSSR count). The molecule has 2 saturated heterocycles. The van der Waals surface area contributed by atoms with Gasteiger partial charge in [0.2, 0.25) is 5.91 Å². The van der Waals surface area contributed by atoms with Crippen LogP contribution in [0.1, 0.15) is 20.3 Å². The zero-order valence-corrected chi connectivity index (χ0v) is 11.5. The van der Waals surface area contributed by atoms with Gasteiger partial charge in [-0.2, -0.15) is 11.8 Å². The van der Waals surface area contributed by atoms with Crippen LogP contribution in [-0.2, 0) is 9.53 Å². The van der Waals surface area contributed by atoms with Gasteiger partial charge < -0.3 is 15.0 Å². The number of morpholine rings is 1. The van der Waals surface area contributed by atoms with E-state index >= 15 is 0 Å². The molecule has 2 aliphatic heterocycles. The van der Waals surface area contributed by atoms with Gasteiger partial charge in [0, 0.05) is 36.7 Å². The molecule has 0 radical (unpaired) electrons. The largest absolute Gasteiger partial charge is 0.375 e. The molecule has 4 nitrogen and oxygen atoms in total. The van der Waals surface area contributed by atoms with Crippen LogP contribution in [0.2, 0.25) is 0 Å². The second kappa shape index (κ2) is 5.59. The maximum atomic E-state index is 12.2. The Bertz CT molecular complexity index is 278. The SMILES string of the molecule is CC1(C)CN(C(=O)CC2CNCCO2)CCS1. The van der Waals surface area contributed by atoms with E-state index in [1.54, 1.807) is 0 Å². The standard InChI is InChI=1S/C12H22N2O2S/c1-12(2)9-14(4-6-17-12)11(15)7-10-8-13-3-5-16-10/h10,13H,3-9H2,1-2H3. The number of hydrogen-bond donors (Lipinski definition) is 1. The maximum Gasteiger partial charge on any atom is 0.225 e. The summed E-state index contributed by atoms with van der Waals surface area (Å²) in [7, 11) is 0. The van der Waals surface area contributed by atoms with Crippen LogP contribution >= 0.6 is 11.8 Å². The van der Waals surface area contributed by atoms with Gasteiger partial charge >= 0.3 is 0 Å². The van der Waals surface area contributed by atoms with Crippen molar-refractivity contribution in [2.24, 2.45) is 0 Å². The van der Waals surface area contributed by atoms with Crippen molar-refractivity contribution in [2.45, 2.75) is 31.1 Å². The van der Waals surface area contributed by atoms with Crippen LogP contribution in [0.5, 0.6) is 0 Å². The van der Waals surface area contributed by atoms with E-state index in [-0.39, 0.29) is 16.8 Å². The number of thioether (sulfide) groups is 1. The van der Waals surface area contributed by atoms with Crippen molar-refractivity contribution >= 4 is 17.7 Å². The van der Waals surface area contributed by atoms with Gasteiger partial charge in [0.25, 0.3) is 0 Å². The van der Waals surface area contributed by atoms with Crippen LogP contribution in [0.3, 0.4) is 0 Å². The highest BCUT2D eigenvalue weighted by atomic mass is 32.2. The summed E-state index contributed by atoms with van der Waals surface area (Å²) in [5.74, 6) is 1.29. The zero-order chi connectivity index (χ0) is 12.3. The van der Waals surface area contributed by atoms with Gasteiger partial charge in [-0.05, 0) is 13.8 Å². The first kappa shape index (κ1) is 13.2. The highest BCUT2D eigenvalue weighted by Crippen LogP contribution is 2.29. The zero-order valence-electron chi connectivity index (χ0n) is 10.7. The quantitative estimate of drug-likeness (QED) is 0.792. The second-order valence-electron chi connectivity index (χ2n) is 5.32. The lowest BCUT2D eigenvalue weighted by Crippen LogP contribution is -2.48. The summed E-state index contributed by atoms with van der Waals surface area (Å²) >= 11 is 1.95. The highest BCUT2D eigenvalue weighted by Gasteiger charge is 2.30. The summed E-state index contributed by atoms with van der Waals surface area (Å²) in [4.78, 5) is 14.2. The van der Waals surface area contributed by atoms with Crippen molar-refractivity contribution in [3.05, 3.63) is 0 Å². The van der Waals surface area contributed by atoms with Crippen molar-refractivity contribution in [2.75, 3.05) is 38.5 Å². The Hall–Kier alpha value is -0.260. The van der Waals surface area contributed by atoms with Gasteiger partial charge in [-0.25, -0.2) is 0 Å². The average Bonchev–Trinajstić information content (AvgIpc) is 2.29. The molecule has 0 aromatic rings. The van der Waals surface area contributed by atoms with Gasteiger partial charge in [-0.3, -0.25) is 4.79 Å². The molecule has 0 saturated carbocycles. The Morgan fingerprint density at radius 2 is 2.41 bits per heavy atom. The van der Waals surface area contributed by atoms with Crippen LogP contribution in [0, 0.1) is 0 Å². The summed E-state index contributed by atoms with van der Waals surface area (Å²) < 4.78 is 5.77. The number of carbonyl (C=O) groups is 1. The first-order valence-corrected chi connectivity index (χ1v) is 7.29. The highest BCUT2D eigenvalue weighted by molar-refractivity contribution is 8.00. The van der Waals surface area contributed by atoms with E-state index in [9.17, 15) is 4.79 Å². The molecule has 0 aromatic heterocycles. The third-order valence-corrected chi connectivity index (χ3v) is 4.48. The van der Waals surface area contributed by atoms with Crippen molar-refractivity contribution < 1.29 is 9.53 Å². The molecule has 1 N–H and O–H groups in total. The van der Waals surface area contributed by atoms with Crippen LogP contribution in [0.4, 0.5) is 0 Å². The van der Waals surface area contributed by atoms with Gasteiger partial charge in [-0.15, -0.1) is 0 Å². The van der Waals surface area contributed by atoms with Gasteiger partial charge in [-0.1, -0.05) is 0 Å². The Kier molecular flexibility index (Phi) is 4.33. The van der Waals surface area contributed by atoms with Gasteiger partial charge in [0.15, 0.2) is 0 Å². The maximum absolute atomic E-state index is 12.2. The molecule has 2 aliphatic rings. The predicted octanol–water partition coefficient (Wildman–Crippen LogP) is 0.719. The van der Waals surface area contributed by atoms with Crippen LogP contribution < -0.4 is 5.32 Å². The van der Waals surface area contributed by atoms with Crippen LogP contribution in [0.15, 0.2) is 0 Å². The average molecular weight is 258 g/mol. The number of hydrogen-bond acceptors (Lipinski definition) is 4. The van der Waals surface area contributed by atoms with Gasteiger partial charge in [0.1, 0.15) is 0 Å². The van der Waals surface area contributed by atoms with Crippen LogP contribution in [-0.4, -0.2) is 60.2 Å². The molecule has 98 valence electrons. The van der Waals surface area contributed by atoms with E-state index in [0.717, 1.165) is 38.5 Å². The molecule has 1 unspecified atom stereocenters. The number of nitrogens with zero attached hydrogens (tertiary/aromatic N) is 1. The number of carbonyl (C=O) groups excluding carboxylic acids is 1. The normalized spacial score (nSPS) is 29.1. The topological polar surface area (TPSA) is 41.6 Å². The van der Waals surface area contributed by atoms with E-state index in [1.165, 1.54) is 0 Å². The molecule has 0 spiro atoms. The summed E-state index contributed by atoms with van der Waals surface area (Å²) in [6.07, 6.45) is 0.585. The number of nitrogens with one attached hydrogen (secondary N) is 1. The summed E-state index contributed by atoms with van der Waals surface area (Å²) in [5, 5.41) is 3.26. The summed E-state index contributed by atoms with van der Waals surface area (Å²) in [5.41, 5.74) is 0. The first-order valence-electron chi connectivity index (χ1n) is 6.31. The lowest BCUT2D eigenvalue weighted by Gasteiger charge is -2.38. The smallest absolute Gasteiger partial charge is 0.225 e. The van der Waals surface area contributed by atoms with E-state index in [4.69, 9.17) is 4.74 Å². The molecule has 1 amide bonds. The molecular formula is C12H22N2O2S. The molecule has 0 aromatic carbocycles. The summed E-state index contributed by atoms with van der Waals surface area (Å²) in [6.45, 7) is 8.57. The predicted molar refractivity (Wildman–Crippen MR) is 70.3 cm³/mol. The minimum atomic E-state index is 0.0638. The van der Waals surface area contributed by atoms with E-state index in [1.807, 2.05) is 16.7 Å². The van der Waals surface area contributed by atoms with Crippen molar-refractivity contribution in [3.8, 4) is 0 Å². The molecular weight excluding hydrogens is 236 g/mol. The molecule has 0 bridgehead atoms. The lowest BCUT2D eigenvalue weighted by molar-refractivity contribution is -0.135. The fourth-order valence-electron chi connectivity index (χ4n) is 2.30. The van der Waals surface area contributed by atoms with Crippen molar-refractivity contribution in [1.82, 2.24) is 10.2 Å². The van der Waals surface area contributed by atoms with E-state index in [0.29, 0.717) is 6.42 Å². The van der Waals surface area contributed by atoms with Crippen molar-refractivity contribution in [3.63, 3.8) is 0 Å². The molecule has 2 fully saturated rings. The molecule has 0 aliphatic carbocycles.